The van der Waals surface area contributed by atoms with Crippen LogP contribution in [0, 0.1) is 6.92 Å². The van der Waals surface area contributed by atoms with E-state index in [0.717, 1.165) is 39.9 Å². The number of amides is 2. The molecule has 0 radical (unpaired) electrons. The first-order valence-corrected chi connectivity index (χ1v) is 12.3. The number of nitrogens with one attached hydrogen (secondary N) is 1. The summed E-state index contributed by atoms with van der Waals surface area (Å²) in [6, 6.07) is 23.1. The van der Waals surface area contributed by atoms with Gasteiger partial charge in [0.1, 0.15) is 0 Å². The molecule has 1 aliphatic heterocycles. The third-order valence-electron chi connectivity index (χ3n) is 6.54. The number of rotatable bonds is 6. The van der Waals surface area contributed by atoms with Crippen molar-refractivity contribution >= 4 is 23.2 Å². The van der Waals surface area contributed by atoms with Crippen molar-refractivity contribution < 1.29 is 9.32 Å². The highest BCUT2D eigenvalue weighted by atomic mass is 35.5. The molecule has 0 fully saturated rings. The number of aromatic nitrogens is 2. The zero-order valence-electron chi connectivity index (χ0n) is 20.5. The first-order valence-electron chi connectivity index (χ1n) is 12.0. The minimum absolute atomic E-state index is 0.168. The number of urea groups is 1. The third-order valence-corrected chi connectivity index (χ3v) is 6.79. The molecule has 0 aliphatic carbocycles. The number of allylic oxidation sites excluding steroid dienone is 1. The van der Waals surface area contributed by atoms with Gasteiger partial charge < -0.3 is 9.84 Å². The van der Waals surface area contributed by atoms with E-state index in [4.69, 9.17) is 21.1 Å². The van der Waals surface area contributed by atoms with Crippen LogP contribution in [0.1, 0.15) is 48.0 Å². The molecule has 182 valence electrons. The molecule has 6 nitrogen and oxygen atoms in total. The van der Waals surface area contributed by atoms with E-state index in [1.165, 1.54) is 5.56 Å². The molecule has 2 heterocycles. The van der Waals surface area contributed by atoms with Crippen molar-refractivity contribution in [2.45, 2.75) is 39.8 Å². The average Bonchev–Trinajstić information content (AvgIpc) is 3.37. The average molecular weight is 499 g/mol. The highest BCUT2D eigenvalue weighted by Crippen LogP contribution is 2.38. The molecule has 1 unspecified atom stereocenters. The normalized spacial score (nSPS) is 15.8. The van der Waals surface area contributed by atoms with Gasteiger partial charge in [-0.25, -0.2) is 4.79 Å². The van der Waals surface area contributed by atoms with Gasteiger partial charge in [0.15, 0.2) is 0 Å². The van der Waals surface area contributed by atoms with Gasteiger partial charge in [-0.2, -0.15) is 4.98 Å². The highest BCUT2D eigenvalue weighted by molar-refractivity contribution is 6.30. The number of carbonyl (C=O) groups excluding carboxylic acids is 1. The van der Waals surface area contributed by atoms with Gasteiger partial charge in [-0.15, -0.1) is 0 Å². The summed E-state index contributed by atoms with van der Waals surface area (Å²) < 4.78 is 5.77. The summed E-state index contributed by atoms with van der Waals surface area (Å²) in [5, 5.41) is 8.02. The molecule has 5 rings (SSSR count). The standard InChI is InChI=1S/C29H27ClN4O2/c1-4-20-7-9-21(10-8-20)17-34-19(3)25(26(31-29(34)35)22-11-5-18(2)6-12-22)28-32-27(33-36-28)23-13-15-24(30)16-14-23/h5-16,26H,4,17H2,1-3H3,(H,31,35). The van der Waals surface area contributed by atoms with E-state index < -0.39 is 6.04 Å². The largest absolute Gasteiger partial charge is 0.334 e. The Bertz CT molecular complexity index is 1410. The number of hydrogen-bond acceptors (Lipinski definition) is 4. The Labute approximate surface area is 215 Å². The number of nitrogens with zero attached hydrogens (tertiary/aromatic N) is 3. The highest BCUT2D eigenvalue weighted by Gasteiger charge is 2.35. The van der Waals surface area contributed by atoms with E-state index in [9.17, 15) is 4.79 Å². The summed E-state index contributed by atoms with van der Waals surface area (Å²) in [7, 11) is 0. The lowest BCUT2D eigenvalue weighted by atomic mass is 9.94. The van der Waals surface area contributed by atoms with Crippen molar-refractivity contribution in [3.63, 3.8) is 0 Å². The van der Waals surface area contributed by atoms with Crippen LogP contribution in [0.25, 0.3) is 17.0 Å². The van der Waals surface area contributed by atoms with Crippen molar-refractivity contribution in [1.29, 1.82) is 0 Å². The van der Waals surface area contributed by atoms with Gasteiger partial charge in [0.25, 0.3) is 5.89 Å². The van der Waals surface area contributed by atoms with Crippen LogP contribution in [0.4, 0.5) is 4.79 Å². The van der Waals surface area contributed by atoms with E-state index in [-0.39, 0.29) is 6.03 Å². The van der Waals surface area contributed by atoms with Gasteiger partial charge in [0.05, 0.1) is 18.2 Å². The van der Waals surface area contributed by atoms with E-state index in [2.05, 4.69) is 41.7 Å². The molecule has 0 bridgehead atoms. The minimum Gasteiger partial charge on any atom is -0.334 e. The van der Waals surface area contributed by atoms with Crippen LogP contribution in [-0.2, 0) is 13.0 Å². The molecule has 1 aliphatic rings. The number of aryl methyl sites for hydroxylation is 2. The summed E-state index contributed by atoms with van der Waals surface area (Å²) in [5.74, 6) is 0.831. The molecule has 1 N–H and O–H groups in total. The Kier molecular flexibility index (Phi) is 6.61. The Morgan fingerprint density at radius 3 is 2.28 bits per heavy atom. The van der Waals surface area contributed by atoms with Crippen LogP contribution in [0.15, 0.2) is 83.0 Å². The van der Waals surface area contributed by atoms with Gasteiger partial charge in [0.2, 0.25) is 5.82 Å². The lowest BCUT2D eigenvalue weighted by molar-refractivity contribution is 0.203. The molecule has 0 saturated heterocycles. The number of carbonyl (C=O) groups is 1. The van der Waals surface area contributed by atoms with Gasteiger partial charge >= 0.3 is 6.03 Å². The molecule has 36 heavy (non-hydrogen) atoms. The molecule has 7 heteroatoms. The van der Waals surface area contributed by atoms with Gasteiger partial charge in [-0.1, -0.05) is 77.8 Å². The number of halogens is 1. The predicted octanol–water partition coefficient (Wildman–Crippen LogP) is 6.96. The Hall–Kier alpha value is -3.90. The van der Waals surface area contributed by atoms with Crippen molar-refractivity contribution in [1.82, 2.24) is 20.4 Å². The fourth-order valence-corrected chi connectivity index (χ4v) is 4.50. The molecule has 0 saturated carbocycles. The molecule has 0 spiro atoms. The summed E-state index contributed by atoms with van der Waals surface area (Å²) in [6.45, 7) is 6.53. The molecule has 1 atom stereocenters. The molecule has 1 aromatic heterocycles. The maximum atomic E-state index is 13.3. The molecule has 2 amide bonds. The van der Waals surface area contributed by atoms with Crippen LogP contribution >= 0.6 is 11.6 Å². The maximum absolute atomic E-state index is 13.3. The maximum Gasteiger partial charge on any atom is 0.322 e. The quantitative estimate of drug-likeness (QED) is 0.312. The first kappa shape index (κ1) is 23.8. The minimum atomic E-state index is -0.421. The monoisotopic (exact) mass is 498 g/mol. The van der Waals surface area contributed by atoms with Gasteiger partial charge in [-0.3, -0.25) is 4.90 Å². The Morgan fingerprint density at radius 1 is 0.944 bits per heavy atom. The van der Waals surface area contributed by atoms with Crippen molar-refractivity contribution in [2.24, 2.45) is 0 Å². The second-order valence-corrected chi connectivity index (χ2v) is 9.41. The topological polar surface area (TPSA) is 71.3 Å². The summed E-state index contributed by atoms with van der Waals surface area (Å²) in [5.41, 5.74) is 6.74. The van der Waals surface area contributed by atoms with E-state index in [1.807, 2.05) is 50.2 Å². The molecule has 3 aromatic carbocycles. The Morgan fingerprint density at radius 2 is 1.61 bits per heavy atom. The van der Waals surface area contributed by atoms with Crippen LogP contribution in [0.2, 0.25) is 5.02 Å². The second kappa shape index (κ2) is 9.99. The van der Waals surface area contributed by atoms with Crippen LogP contribution in [0.5, 0.6) is 0 Å². The molecule has 4 aromatic rings. The van der Waals surface area contributed by atoms with E-state index >= 15 is 0 Å². The number of hydrogen-bond donors (Lipinski definition) is 1. The molecular weight excluding hydrogens is 472 g/mol. The zero-order valence-corrected chi connectivity index (χ0v) is 21.2. The fourth-order valence-electron chi connectivity index (χ4n) is 4.37. The van der Waals surface area contributed by atoms with Crippen LogP contribution in [0.3, 0.4) is 0 Å². The van der Waals surface area contributed by atoms with Crippen LogP contribution in [-0.4, -0.2) is 21.1 Å². The first-order chi connectivity index (χ1) is 17.4. The van der Waals surface area contributed by atoms with Crippen molar-refractivity contribution in [3.8, 4) is 11.4 Å². The van der Waals surface area contributed by atoms with Crippen LogP contribution < -0.4 is 5.32 Å². The van der Waals surface area contributed by atoms with Gasteiger partial charge in [-0.05, 0) is 61.2 Å². The van der Waals surface area contributed by atoms with Gasteiger partial charge in [0, 0.05) is 16.3 Å². The third kappa shape index (κ3) is 4.77. The lowest BCUT2D eigenvalue weighted by Gasteiger charge is -2.35. The Balaban J connectivity index is 1.57. The smallest absolute Gasteiger partial charge is 0.322 e. The molecular formula is C29H27ClN4O2. The second-order valence-electron chi connectivity index (χ2n) is 8.98. The fraction of sp³-hybridized carbons (Fsp3) is 0.207. The SMILES string of the molecule is CCc1ccc(CN2C(=O)NC(c3ccc(C)cc3)C(c3nc(-c4ccc(Cl)cc4)no3)=C2C)cc1. The van der Waals surface area contributed by atoms with Crippen molar-refractivity contribution in [3.05, 3.63) is 112 Å². The van der Waals surface area contributed by atoms with E-state index in [0.29, 0.717) is 23.3 Å². The van der Waals surface area contributed by atoms with E-state index in [1.54, 1.807) is 17.0 Å². The number of benzene rings is 3. The zero-order chi connectivity index (χ0) is 25.2. The lowest BCUT2D eigenvalue weighted by Crippen LogP contribution is -2.45. The summed E-state index contributed by atoms with van der Waals surface area (Å²) >= 11 is 6.04. The van der Waals surface area contributed by atoms with Crippen molar-refractivity contribution in [2.75, 3.05) is 0 Å². The summed E-state index contributed by atoms with van der Waals surface area (Å²) in [4.78, 5) is 19.8. The summed E-state index contributed by atoms with van der Waals surface area (Å²) in [6.07, 6.45) is 0.971. The predicted molar refractivity (Wildman–Crippen MR) is 141 cm³/mol.